The minimum absolute atomic E-state index is 0.00179. The van der Waals surface area contributed by atoms with E-state index in [0.29, 0.717) is 3.57 Å². The summed E-state index contributed by atoms with van der Waals surface area (Å²) in [4.78, 5) is 3.61. The van der Waals surface area contributed by atoms with Crippen molar-refractivity contribution in [2.45, 2.75) is 19.5 Å². The van der Waals surface area contributed by atoms with Crippen molar-refractivity contribution in [2.75, 3.05) is 0 Å². The first-order chi connectivity index (χ1) is 7.37. The minimum atomic E-state index is -4.84. The van der Waals surface area contributed by atoms with Gasteiger partial charge in [-0.05, 0) is 28.7 Å². The summed E-state index contributed by atoms with van der Waals surface area (Å²) in [6.07, 6.45) is -4.84. The van der Waals surface area contributed by atoms with E-state index in [0.717, 1.165) is 0 Å². The molecule has 90 valence electrons. The lowest BCUT2D eigenvalue weighted by Crippen LogP contribution is -2.20. The van der Waals surface area contributed by atoms with Gasteiger partial charge in [0.05, 0.1) is 12.3 Å². The highest BCUT2D eigenvalue weighted by molar-refractivity contribution is 14.1. The molecule has 1 aromatic rings. The van der Waals surface area contributed by atoms with Crippen LogP contribution in [0.1, 0.15) is 11.3 Å². The lowest BCUT2D eigenvalue weighted by molar-refractivity contribution is -0.276. The Morgan fingerprint density at radius 3 is 2.56 bits per heavy atom. The number of ether oxygens (including phenoxy) is 1. The normalized spacial score (nSPS) is 11.6. The van der Waals surface area contributed by atoms with Crippen LogP contribution in [-0.2, 0) is 13.2 Å². The highest BCUT2D eigenvalue weighted by Crippen LogP contribution is 2.27. The molecule has 16 heavy (non-hydrogen) atoms. The zero-order valence-corrected chi connectivity index (χ0v) is 10.0. The largest absolute Gasteiger partial charge is 0.574 e. The molecule has 0 radical (unpaired) electrons. The van der Waals surface area contributed by atoms with E-state index in [9.17, 15) is 13.2 Å². The Hall–Kier alpha value is -0.610. The van der Waals surface area contributed by atoms with Gasteiger partial charge in [-0.3, -0.25) is 0 Å². The number of hydrogen-bond donors (Lipinski definition) is 2. The van der Waals surface area contributed by atoms with Gasteiger partial charge in [0.25, 0.3) is 0 Å². The van der Waals surface area contributed by atoms with Crippen molar-refractivity contribution in [3.05, 3.63) is 20.9 Å². The zero-order chi connectivity index (χ0) is 12.3. The number of alkyl halides is 3. The van der Waals surface area contributed by atoms with Crippen LogP contribution in [0.2, 0.25) is 0 Å². The summed E-state index contributed by atoms with van der Waals surface area (Å²) in [5, 5.41) is 8.88. The molecule has 1 heterocycles. The predicted molar refractivity (Wildman–Crippen MR) is 57.5 cm³/mol. The van der Waals surface area contributed by atoms with Crippen molar-refractivity contribution in [1.82, 2.24) is 4.98 Å². The first-order valence-electron chi connectivity index (χ1n) is 4.12. The first kappa shape index (κ1) is 13.5. The molecular formula is C8H8F3IN2O2. The van der Waals surface area contributed by atoms with Crippen LogP contribution in [0.25, 0.3) is 0 Å². The molecule has 3 N–H and O–H groups in total. The number of aliphatic hydroxyl groups excluding tert-OH is 1. The van der Waals surface area contributed by atoms with Crippen molar-refractivity contribution in [3.8, 4) is 5.88 Å². The molecule has 1 aromatic heterocycles. The van der Waals surface area contributed by atoms with E-state index in [2.05, 4.69) is 9.72 Å². The summed E-state index contributed by atoms with van der Waals surface area (Å²) in [6, 6.07) is 1.36. The van der Waals surface area contributed by atoms with E-state index in [1.807, 2.05) is 22.6 Å². The summed E-state index contributed by atoms with van der Waals surface area (Å²) < 4.78 is 40.3. The number of pyridine rings is 1. The van der Waals surface area contributed by atoms with Gasteiger partial charge in [-0.2, -0.15) is 0 Å². The van der Waals surface area contributed by atoms with E-state index in [1.54, 1.807) is 0 Å². The van der Waals surface area contributed by atoms with E-state index in [-0.39, 0.29) is 17.8 Å². The monoisotopic (exact) mass is 348 g/mol. The highest BCUT2D eigenvalue weighted by Gasteiger charge is 2.33. The Kier molecular flexibility index (Phi) is 4.33. The summed E-state index contributed by atoms with van der Waals surface area (Å²) in [5.41, 5.74) is 5.57. The van der Waals surface area contributed by atoms with Gasteiger partial charge >= 0.3 is 6.36 Å². The fraction of sp³-hybridized carbons (Fsp3) is 0.375. The maximum atomic E-state index is 12.0. The minimum Gasteiger partial charge on any atom is -0.391 e. The van der Waals surface area contributed by atoms with E-state index >= 15 is 0 Å². The van der Waals surface area contributed by atoms with Gasteiger partial charge in [-0.1, -0.05) is 0 Å². The van der Waals surface area contributed by atoms with Gasteiger partial charge in [0.1, 0.15) is 0 Å². The number of aliphatic hydroxyl groups is 1. The molecule has 0 aliphatic rings. The number of nitrogens with two attached hydrogens (primary N) is 1. The third-order valence-electron chi connectivity index (χ3n) is 1.66. The Labute approximate surface area is 103 Å². The number of aromatic nitrogens is 1. The second-order valence-electron chi connectivity index (χ2n) is 2.79. The van der Waals surface area contributed by atoms with Gasteiger partial charge in [-0.15, -0.1) is 13.2 Å². The lowest BCUT2D eigenvalue weighted by Gasteiger charge is -2.13. The second kappa shape index (κ2) is 5.15. The molecule has 0 bridgehead atoms. The molecule has 1 rings (SSSR count). The maximum absolute atomic E-state index is 12.0. The van der Waals surface area contributed by atoms with Crippen LogP contribution in [0.3, 0.4) is 0 Å². The average molecular weight is 348 g/mol. The molecule has 0 aliphatic carbocycles. The smallest absolute Gasteiger partial charge is 0.391 e. The van der Waals surface area contributed by atoms with Crippen LogP contribution in [0, 0.1) is 3.57 Å². The van der Waals surface area contributed by atoms with Crippen molar-refractivity contribution >= 4 is 22.6 Å². The fourth-order valence-electron chi connectivity index (χ4n) is 1.00. The van der Waals surface area contributed by atoms with Crippen molar-refractivity contribution in [1.29, 1.82) is 0 Å². The van der Waals surface area contributed by atoms with Gasteiger partial charge in [0, 0.05) is 15.7 Å². The molecule has 0 atom stereocenters. The van der Waals surface area contributed by atoms with E-state index in [4.69, 9.17) is 10.8 Å². The molecule has 0 saturated heterocycles. The Balaban J connectivity index is 3.15. The lowest BCUT2D eigenvalue weighted by atomic mass is 10.2. The average Bonchev–Trinajstić information content (AvgIpc) is 2.18. The number of nitrogens with zero attached hydrogens (tertiary/aromatic N) is 1. The van der Waals surface area contributed by atoms with Crippen LogP contribution >= 0.6 is 22.6 Å². The summed E-state index contributed by atoms with van der Waals surface area (Å²) >= 11 is 1.87. The quantitative estimate of drug-likeness (QED) is 0.814. The molecule has 0 aromatic carbocycles. The molecule has 8 heteroatoms. The van der Waals surface area contributed by atoms with Crippen LogP contribution < -0.4 is 10.5 Å². The first-order valence-corrected chi connectivity index (χ1v) is 5.20. The standard InChI is InChI=1S/C8H8F3IN2O2/c9-8(10,11)16-7-4(3-15)1-5(12)6(2-13)14-7/h1,15H,2-3,13H2. The van der Waals surface area contributed by atoms with Crippen LogP contribution in [-0.4, -0.2) is 16.5 Å². The summed E-state index contributed by atoms with van der Waals surface area (Å²) in [7, 11) is 0. The van der Waals surface area contributed by atoms with Gasteiger partial charge in [0.2, 0.25) is 5.88 Å². The number of hydrogen-bond acceptors (Lipinski definition) is 4. The van der Waals surface area contributed by atoms with Crippen LogP contribution in [0.15, 0.2) is 6.07 Å². The molecule has 0 unspecified atom stereocenters. The number of halogens is 4. The topological polar surface area (TPSA) is 68.4 Å². The Morgan fingerprint density at radius 2 is 2.12 bits per heavy atom. The Bertz CT molecular complexity index is 384. The maximum Gasteiger partial charge on any atom is 0.574 e. The third kappa shape index (κ3) is 3.46. The van der Waals surface area contributed by atoms with Crippen molar-refractivity contribution in [2.24, 2.45) is 5.73 Å². The third-order valence-corrected chi connectivity index (χ3v) is 2.60. The molecule has 0 spiro atoms. The molecule has 4 nitrogen and oxygen atoms in total. The predicted octanol–water partition coefficient (Wildman–Crippen LogP) is 1.54. The second-order valence-corrected chi connectivity index (χ2v) is 3.95. The SMILES string of the molecule is NCc1nc(OC(F)(F)F)c(CO)cc1I. The van der Waals surface area contributed by atoms with E-state index in [1.165, 1.54) is 6.07 Å². The molecule has 0 fully saturated rings. The molecular weight excluding hydrogens is 340 g/mol. The summed E-state index contributed by atoms with van der Waals surface area (Å²) in [5.74, 6) is -0.657. The van der Waals surface area contributed by atoms with Gasteiger partial charge in [-0.25, -0.2) is 4.98 Å². The fourth-order valence-corrected chi connectivity index (χ4v) is 1.72. The molecule has 0 amide bonds. The van der Waals surface area contributed by atoms with E-state index < -0.39 is 18.8 Å². The molecule has 0 aliphatic heterocycles. The zero-order valence-electron chi connectivity index (χ0n) is 7.88. The Morgan fingerprint density at radius 1 is 1.50 bits per heavy atom. The van der Waals surface area contributed by atoms with Crippen molar-refractivity contribution < 1.29 is 23.0 Å². The van der Waals surface area contributed by atoms with Crippen molar-refractivity contribution in [3.63, 3.8) is 0 Å². The van der Waals surface area contributed by atoms with Crippen LogP contribution in [0.4, 0.5) is 13.2 Å². The van der Waals surface area contributed by atoms with Gasteiger partial charge < -0.3 is 15.6 Å². The number of rotatable bonds is 3. The highest BCUT2D eigenvalue weighted by atomic mass is 127. The van der Waals surface area contributed by atoms with Gasteiger partial charge in [0.15, 0.2) is 0 Å². The summed E-state index contributed by atoms with van der Waals surface area (Å²) in [6.45, 7) is -0.586. The van der Waals surface area contributed by atoms with Crippen LogP contribution in [0.5, 0.6) is 5.88 Å². The molecule has 0 saturated carbocycles.